The molecule has 0 fully saturated rings. The molecule has 0 amide bonds. The third kappa shape index (κ3) is 3.10. The van der Waals surface area contributed by atoms with Gasteiger partial charge >= 0.3 is 0 Å². The Morgan fingerprint density at radius 1 is 1.41 bits per heavy atom. The van der Waals surface area contributed by atoms with Crippen LogP contribution in [0.5, 0.6) is 0 Å². The van der Waals surface area contributed by atoms with Crippen LogP contribution in [0.4, 0.5) is 16.4 Å². The van der Waals surface area contributed by atoms with Crippen molar-refractivity contribution in [1.29, 1.82) is 0 Å². The van der Waals surface area contributed by atoms with E-state index in [1.807, 2.05) is 23.8 Å². The fraction of sp³-hybridized carbons (Fsp3) is 0.100. The summed E-state index contributed by atoms with van der Waals surface area (Å²) in [5.74, 6) is 0. The second-order valence-corrected chi connectivity index (χ2v) is 6.22. The van der Waals surface area contributed by atoms with Crippen LogP contribution < -0.4 is 16.4 Å². The zero-order valence-corrected chi connectivity index (χ0v) is 12.1. The highest BCUT2D eigenvalue weighted by molar-refractivity contribution is 7.80. The summed E-state index contributed by atoms with van der Waals surface area (Å²) in [6, 6.07) is 1.90. The summed E-state index contributed by atoms with van der Waals surface area (Å²) in [5, 5.41) is 11.4. The van der Waals surface area contributed by atoms with Gasteiger partial charge in [0, 0.05) is 10.8 Å². The van der Waals surface area contributed by atoms with Crippen LogP contribution in [0.15, 0.2) is 16.8 Å². The number of hydrogen-bond acceptors (Lipinski definition) is 4. The van der Waals surface area contributed by atoms with Gasteiger partial charge in [0.2, 0.25) is 0 Å². The molecule has 0 saturated carbocycles. The fourth-order valence-electron chi connectivity index (χ4n) is 1.23. The first-order valence-corrected chi connectivity index (χ1v) is 7.26. The summed E-state index contributed by atoms with van der Waals surface area (Å²) >= 11 is 14.1. The number of thiocarbonyl (C=S) groups is 1. The number of aryl methyl sites for hydroxylation is 1. The molecule has 0 atom stereocenters. The standard InChI is InChI=1S/C10H10ClN3S3/c1-5-2-8(11)17-9(5)14-10(15)13-7-4-16-3-6(7)12/h2-4H,12H2,1H3,(H2,13,14,15). The summed E-state index contributed by atoms with van der Waals surface area (Å²) in [6.07, 6.45) is 0. The maximum absolute atomic E-state index is 5.91. The predicted molar refractivity (Wildman–Crippen MR) is 82.6 cm³/mol. The van der Waals surface area contributed by atoms with Crippen LogP contribution in [0.2, 0.25) is 4.34 Å². The number of nitrogens with two attached hydrogens (primary N) is 1. The summed E-state index contributed by atoms with van der Waals surface area (Å²) in [6.45, 7) is 1.98. The molecule has 4 N–H and O–H groups in total. The molecule has 17 heavy (non-hydrogen) atoms. The van der Waals surface area contributed by atoms with Crippen molar-refractivity contribution in [3.63, 3.8) is 0 Å². The van der Waals surface area contributed by atoms with Crippen LogP contribution in [-0.2, 0) is 0 Å². The number of rotatable bonds is 2. The second-order valence-electron chi connectivity index (χ2n) is 3.38. The Hall–Kier alpha value is -0.820. The smallest absolute Gasteiger partial charge is 0.175 e. The molecule has 0 aliphatic rings. The molecule has 90 valence electrons. The van der Waals surface area contributed by atoms with Crippen molar-refractivity contribution in [2.75, 3.05) is 16.4 Å². The molecule has 2 aromatic heterocycles. The number of halogens is 1. The minimum Gasteiger partial charge on any atom is -0.396 e. The topological polar surface area (TPSA) is 50.1 Å². The van der Waals surface area contributed by atoms with Crippen molar-refractivity contribution in [2.45, 2.75) is 6.92 Å². The van der Waals surface area contributed by atoms with E-state index in [0.717, 1.165) is 20.6 Å². The summed E-state index contributed by atoms with van der Waals surface area (Å²) in [7, 11) is 0. The SMILES string of the molecule is Cc1cc(Cl)sc1NC(=S)Nc1cscc1N. The van der Waals surface area contributed by atoms with E-state index in [1.54, 1.807) is 0 Å². The lowest BCUT2D eigenvalue weighted by Crippen LogP contribution is -2.19. The lowest BCUT2D eigenvalue weighted by Gasteiger charge is -2.09. The van der Waals surface area contributed by atoms with Crippen molar-refractivity contribution in [2.24, 2.45) is 0 Å². The lowest BCUT2D eigenvalue weighted by atomic mass is 10.4. The first kappa shape index (κ1) is 12.6. The van der Waals surface area contributed by atoms with Crippen LogP contribution in [0.1, 0.15) is 5.56 Å². The minimum atomic E-state index is 0.511. The maximum atomic E-state index is 5.91. The van der Waals surface area contributed by atoms with Crippen molar-refractivity contribution >= 4 is 68.0 Å². The van der Waals surface area contributed by atoms with Gasteiger partial charge in [-0.15, -0.1) is 22.7 Å². The molecule has 0 bridgehead atoms. The van der Waals surface area contributed by atoms with Gasteiger partial charge in [0.25, 0.3) is 0 Å². The molecule has 2 heterocycles. The summed E-state index contributed by atoms with van der Waals surface area (Å²) < 4.78 is 0.739. The number of anilines is 3. The average Bonchev–Trinajstić information content (AvgIpc) is 2.75. The molecule has 2 aromatic rings. The Morgan fingerprint density at radius 3 is 2.71 bits per heavy atom. The Bertz CT molecular complexity index is 547. The zero-order valence-electron chi connectivity index (χ0n) is 8.91. The van der Waals surface area contributed by atoms with Gasteiger partial charge in [-0.2, -0.15) is 0 Å². The molecule has 3 nitrogen and oxygen atoms in total. The molecule has 0 saturated heterocycles. The van der Waals surface area contributed by atoms with E-state index in [2.05, 4.69) is 10.6 Å². The van der Waals surface area contributed by atoms with Crippen LogP contribution in [-0.4, -0.2) is 5.11 Å². The van der Waals surface area contributed by atoms with Crippen molar-refractivity contribution < 1.29 is 0 Å². The molecule has 0 aliphatic carbocycles. The van der Waals surface area contributed by atoms with Crippen LogP contribution >= 0.6 is 46.5 Å². The highest BCUT2D eigenvalue weighted by Gasteiger charge is 2.07. The molecular weight excluding hydrogens is 294 g/mol. The largest absolute Gasteiger partial charge is 0.396 e. The van der Waals surface area contributed by atoms with Crippen molar-refractivity contribution in [3.8, 4) is 0 Å². The summed E-state index contributed by atoms with van der Waals surface area (Å²) in [5.41, 5.74) is 8.35. The van der Waals surface area contributed by atoms with Crippen LogP contribution in [0, 0.1) is 6.92 Å². The monoisotopic (exact) mass is 303 g/mol. The third-order valence-corrected chi connectivity index (χ3v) is 4.30. The van der Waals surface area contributed by atoms with Gasteiger partial charge in [-0.3, -0.25) is 0 Å². The maximum Gasteiger partial charge on any atom is 0.175 e. The quantitative estimate of drug-likeness (QED) is 0.729. The first-order chi connectivity index (χ1) is 8.06. The van der Waals surface area contributed by atoms with Crippen molar-refractivity contribution in [1.82, 2.24) is 0 Å². The number of hydrogen-bond donors (Lipinski definition) is 3. The molecule has 0 unspecified atom stereocenters. The van der Waals surface area contributed by atoms with Crippen LogP contribution in [0.3, 0.4) is 0 Å². The third-order valence-electron chi connectivity index (χ3n) is 2.05. The Labute approximate surface area is 118 Å². The molecular formula is C10H10ClN3S3. The Morgan fingerprint density at radius 2 is 2.18 bits per heavy atom. The number of nitrogens with one attached hydrogen (secondary N) is 2. The van der Waals surface area contributed by atoms with Gasteiger partial charge in [-0.25, -0.2) is 0 Å². The van der Waals surface area contributed by atoms with E-state index >= 15 is 0 Å². The number of nitrogen functional groups attached to an aromatic ring is 1. The first-order valence-electron chi connectivity index (χ1n) is 4.72. The van der Waals surface area contributed by atoms with Crippen molar-refractivity contribution in [3.05, 3.63) is 26.7 Å². The van der Waals surface area contributed by atoms with Gasteiger partial charge in [-0.1, -0.05) is 11.6 Å². The Kier molecular flexibility index (Phi) is 3.88. The fourth-order valence-corrected chi connectivity index (χ4v) is 3.38. The van der Waals surface area contributed by atoms with E-state index in [0.29, 0.717) is 10.8 Å². The van der Waals surface area contributed by atoms with E-state index in [-0.39, 0.29) is 0 Å². The highest BCUT2D eigenvalue weighted by atomic mass is 35.5. The van der Waals surface area contributed by atoms with E-state index in [1.165, 1.54) is 22.7 Å². The molecule has 0 radical (unpaired) electrons. The highest BCUT2D eigenvalue weighted by Crippen LogP contribution is 2.31. The predicted octanol–water partition coefficient (Wildman–Crippen LogP) is 4.16. The van der Waals surface area contributed by atoms with Crippen LogP contribution in [0.25, 0.3) is 0 Å². The molecule has 0 spiro atoms. The molecule has 0 aliphatic heterocycles. The van der Waals surface area contributed by atoms with Gasteiger partial charge in [0.15, 0.2) is 5.11 Å². The zero-order chi connectivity index (χ0) is 12.4. The van der Waals surface area contributed by atoms with Gasteiger partial charge < -0.3 is 16.4 Å². The number of thiophene rings is 2. The normalized spacial score (nSPS) is 10.2. The summed E-state index contributed by atoms with van der Waals surface area (Å²) in [4.78, 5) is 0. The molecule has 2 rings (SSSR count). The van der Waals surface area contributed by atoms with Gasteiger partial charge in [0.1, 0.15) is 0 Å². The minimum absolute atomic E-state index is 0.511. The Balaban J connectivity index is 2.03. The van der Waals surface area contributed by atoms with E-state index in [9.17, 15) is 0 Å². The van der Waals surface area contributed by atoms with E-state index in [4.69, 9.17) is 29.6 Å². The van der Waals surface area contributed by atoms with Gasteiger partial charge in [0.05, 0.1) is 20.7 Å². The average molecular weight is 304 g/mol. The van der Waals surface area contributed by atoms with Gasteiger partial charge in [-0.05, 0) is 30.8 Å². The van der Waals surface area contributed by atoms with E-state index < -0.39 is 0 Å². The lowest BCUT2D eigenvalue weighted by molar-refractivity contribution is 1.53. The second kappa shape index (κ2) is 5.22. The molecule has 7 heteroatoms. The molecule has 0 aromatic carbocycles.